The van der Waals surface area contributed by atoms with E-state index in [0.29, 0.717) is 18.6 Å². The quantitative estimate of drug-likeness (QED) is 0.508. The minimum atomic E-state index is -0.165. The summed E-state index contributed by atoms with van der Waals surface area (Å²) in [6.07, 6.45) is 6.56. The summed E-state index contributed by atoms with van der Waals surface area (Å²) < 4.78 is 5.66. The van der Waals surface area contributed by atoms with Crippen molar-refractivity contribution in [2.24, 2.45) is 0 Å². The lowest BCUT2D eigenvalue weighted by molar-refractivity contribution is 0.102. The molecule has 6 heteroatoms. The number of amides is 1. The smallest absolute Gasteiger partial charge is 0.267 e. The number of anilines is 1. The third kappa shape index (κ3) is 5.25. The first-order valence-corrected chi connectivity index (χ1v) is 11.4. The van der Waals surface area contributed by atoms with Gasteiger partial charge in [0.2, 0.25) is 0 Å². The molecule has 0 bridgehead atoms. The Labute approximate surface area is 188 Å². The van der Waals surface area contributed by atoms with Crippen LogP contribution in [-0.2, 0) is 19.3 Å². The van der Waals surface area contributed by atoms with Crippen molar-refractivity contribution in [1.82, 2.24) is 10.2 Å². The normalized spacial score (nSPS) is 12.8. The molecule has 0 atom stereocenters. The second kappa shape index (κ2) is 10.3. The van der Waals surface area contributed by atoms with Crippen LogP contribution >= 0.6 is 0 Å². The Bertz CT molecular complexity index is 1140. The molecule has 2 aromatic carbocycles. The number of aromatic amines is 1. The minimum Gasteiger partial charge on any atom is -0.494 e. The Morgan fingerprint density at radius 3 is 2.66 bits per heavy atom. The van der Waals surface area contributed by atoms with Gasteiger partial charge in [0, 0.05) is 23.2 Å². The topological polar surface area (TPSA) is 84.1 Å². The molecule has 2 N–H and O–H groups in total. The number of unbranched alkanes of at least 4 members (excludes halogenated alkanes) is 1. The zero-order valence-corrected chi connectivity index (χ0v) is 18.4. The molecule has 166 valence electrons. The number of fused-ring (bicyclic) bond motifs is 1. The van der Waals surface area contributed by atoms with Crippen molar-refractivity contribution < 1.29 is 9.53 Å². The fourth-order valence-corrected chi connectivity index (χ4v) is 4.07. The zero-order valence-electron chi connectivity index (χ0n) is 18.4. The third-order valence-corrected chi connectivity index (χ3v) is 5.82. The van der Waals surface area contributed by atoms with Crippen LogP contribution in [0.25, 0.3) is 0 Å². The van der Waals surface area contributed by atoms with Crippen LogP contribution in [0.5, 0.6) is 5.75 Å². The van der Waals surface area contributed by atoms with E-state index in [2.05, 4.69) is 22.4 Å². The average molecular weight is 432 g/mol. The van der Waals surface area contributed by atoms with E-state index in [1.54, 1.807) is 12.1 Å². The molecule has 0 saturated carbocycles. The maximum absolute atomic E-state index is 12.7. The molecule has 0 saturated heterocycles. The maximum Gasteiger partial charge on any atom is 0.267 e. The van der Waals surface area contributed by atoms with Crippen LogP contribution in [0.3, 0.4) is 0 Å². The van der Waals surface area contributed by atoms with Gasteiger partial charge in [0.15, 0.2) is 0 Å². The fraction of sp³-hybridized carbons (Fsp3) is 0.346. The van der Waals surface area contributed by atoms with Crippen molar-refractivity contribution in [3.63, 3.8) is 0 Å². The zero-order chi connectivity index (χ0) is 22.3. The van der Waals surface area contributed by atoms with Crippen LogP contribution in [0.1, 0.15) is 65.3 Å². The standard InChI is InChI=1S/C26H29N3O3/c1-2-3-15-32-21-13-11-19(12-14-21)25(30)27-20-8-6-7-18(16-20)17-24-22-9-4-5-10-23(22)26(31)29-28-24/h6-8,11-14,16H,2-5,9-10,15,17H2,1H3,(H,27,30)(H,29,31). The number of hydrogen-bond acceptors (Lipinski definition) is 4. The lowest BCUT2D eigenvalue weighted by atomic mass is 9.90. The number of nitrogens with one attached hydrogen (secondary N) is 2. The Morgan fingerprint density at radius 1 is 1.09 bits per heavy atom. The highest BCUT2D eigenvalue weighted by Crippen LogP contribution is 2.23. The molecule has 1 amide bonds. The van der Waals surface area contributed by atoms with Gasteiger partial charge in [-0.1, -0.05) is 25.5 Å². The first kappa shape index (κ1) is 21.8. The third-order valence-electron chi connectivity index (χ3n) is 5.82. The molecular formula is C26H29N3O3. The molecule has 0 fully saturated rings. The molecule has 6 nitrogen and oxygen atoms in total. The van der Waals surface area contributed by atoms with Crippen molar-refractivity contribution in [2.45, 2.75) is 51.9 Å². The highest BCUT2D eigenvalue weighted by molar-refractivity contribution is 6.04. The lowest BCUT2D eigenvalue weighted by Crippen LogP contribution is -2.23. The largest absolute Gasteiger partial charge is 0.494 e. The van der Waals surface area contributed by atoms with Crippen LogP contribution in [-0.4, -0.2) is 22.7 Å². The number of ether oxygens (including phenoxy) is 1. The second-order valence-electron chi connectivity index (χ2n) is 8.22. The van der Waals surface area contributed by atoms with Crippen LogP contribution in [0, 0.1) is 0 Å². The van der Waals surface area contributed by atoms with Crippen molar-refractivity contribution in [2.75, 3.05) is 11.9 Å². The first-order chi connectivity index (χ1) is 15.6. The van der Waals surface area contributed by atoms with E-state index in [9.17, 15) is 9.59 Å². The molecule has 0 radical (unpaired) electrons. The highest BCUT2D eigenvalue weighted by Gasteiger charge is 2.18. The molecule has 0 unspecified atom stereocenters. The number of aromatic nitrogens is 2. The van der Waals surface area contributed by atoms with Gasteiger partial charge in [-0.3, -0.25) is 9.59 Å². The van der Waals surface area contributed by atoms with Crippen LogP contribution < -0.4 is 15.6 Å². The summed E-state index contributed by atoms with van der Waals surface area (Å²) in [4.78, 5) is 24.8. The number of carbonyl (C=O) groups excluding carboxylic acids is 1. The van der Waals surface area contributed by atoms with E-state index in [1.807, 2.05) is 36.4 Å². The summed E-state index contributed by atoms with van der Waals surface area (Å²) in [6.45, 7) is 2.80. The van der Waals surface area contributed by atoms with Gasteiger partial charge in [-0.25, -0.2) is 5.10 Å². The molecule has 1 aliphatic rings. The number of carbonyl (C=O) groups is 1. The van der Waals surface area contributed by atoms with Gasteiger partial charge in [-0.2, -0.15) is 5.10 Å². The number of rotatable bonds is 8. The summed E-state index contributed by atoms with van der Waals surface area (Å²) in [5, 5.41) is 9.94. The van der Waals surface area contributed by atoms with Crippen LogP contribution in [0.2, 0.25) is 0 Å². The number of H-pyrrole nitrogens is 1. The van der Waals surface area contributed by atoms with Crippen LogP contribution in [0.15, 0.2) is 53.3 Å². The molecule has 3 aromatic rings. The molecule has 1 aromatic heterocycles. The Balaban J connectivity index is 1.43. The summed E-state index contributed by atoms with van der Waals surface area (Å²) in [7, 11) is 0. The Hall–Kier alpha value is -3.41. The van der Waals surface area contributed by atoms with Gasteiger partial charge >= 0.3 is 0 Å². The van der Waals surface area contributed by atoms with Crippen molar-refractivity contribution >= 4 is 11.6 Å². The maximum atomic E-state index is 12.7. The highest BCUT2D eigenvalue weighted by atomic mass is 16.5. The number of benzene rings is 2. The fourth-order valence-electron chi connectivity index (χ4n) is 4.07. The number of nitrogens with zero attached hydrogens (tertiary/aromatic N) is 1. The van der Waals surface area contributed by atoms with Crippen LogP contribution in [0.4, 0.5) is 5.69 Å². The molecule has 0 aliphatic heterocycles. The summed E-state index contributed by atoms with van der Waals surface area (Å²) in [5.41, 5.74) is 5.18. The van der Waals surface area contributed by atoms with E-state index in [-0.39, 0.29) is 11.5 Å². The molecular weight excluding hydrogens is 402 g/mol. The van der Waals surface area contributed by atoms with Crippen molar-refractivity contribution in [3.05, 3.63) is 86.8 Å². The van der Waals surface area contributed by atoms with Gasteiger partial charge in [0.05, 0.1) is 12.3 Å². The first-order valence-electron chi connectivity index (χ1n) is 11.4. The van der Waals surface area contributed by atoms with E-state index >= 15 is 0 Å². The molecule has 1 heterocycles. The summed E-state index contributed by atoms with van der Waals surface area (Å²) >= 11 is 0. The molecule has 0 spiro atoms. The average Bonchev–Trinajstić information content (AvgIpc) is 2.82. The van der Waals surface area contributed by atoms with E-state index < -0.39 is 0 Å². The number of hydrogen-bond donors (Lipinski definition) is 2. The van der Waals surface area contributed by atoms with E-state index in [4.69, 9.17) is 4.74 Å². The Kier molecular flexibility index (Phi) is 7.00. The Morgan fingerprint density at radius 2 is 1.88 bits per heavy atom. The summed E-state index contributed by atoms with van der Waals surface area (Å²) in [6, 6.07) is 15.0. The predicted octanol–water partition coefficient (Wildman–Crippen LogP) is 4.67. The van der Waals surface area contributed by atoms with Gasteiger partial charge in [-0.15, -0.1) is 0 Å². The van der Waals surface area contributed by atoms with Crippen molar-refractivity contribution in [1.29, 1.82) is 0 Å². The van der Waals surface area contributed by atoms with Gasteiger partial charge in [-0.05, 0) is 79.6 Å². The SMILES string of the molecule is CCCCOc1ccc(C(=O)Nc2cccc(Cc3n[nH]c(=O)c4c3CCCC4)c2)cc1. The van der Waals surface area contributed by atoms with Gasteiger partial charge < -0.3 is 10.1 Å². The monoisotopic (exact) mass is 431 g/mol. The van der Waals surface area contributed by atoms with E-state index in [1.165, 1.54) is 0 Å². The summed E-state index contributed by atoms with van der Waals surface area (Å²) in [5.74, 6) is 0.607. The predicted molar refractivity (Wildman–Crippen MR) is 126 cm³/mol. The second-order valence-corrected chi connectivity index (χ2v) is 8.22. The lowest BCUT2D eigenvalue weighted by Gasteiger charge is -2.17. The minimum absolute atomic E-state index is 0.0637. The van der Waals surface area contributed by atoms with E-state index in [0.717, 1.165) is 72.3 Å². The van der Waals surface area contributed by atoms with Gasteiger partial charge in [0.25, 0.3) is 11.5 Å². The molecule has 1 aliphatic carbocycles. The molecule has 32 heavy (non-hydrogen) atoms. The van der Waals surface area contributed by atoms with Gasteiger partial charge in [0.1, 0.15) is 5.75 Å². The van der Waals surface area contributed by atoms with Crippen molar-refractivity contribution in [3.8, 4) is 5.75 Å². The molecule has 4 rings (SSSR count).